The van der Waals surface area contributed by atoms with Gasteiger partial charge in [0.05, 0.1) is 0 Å². The van der Waals surface area contributed by atoms with Crippen LogP contribution < -0.4 is 10.6 Å². The Kier molecular flexibility index (Phi) is 4.73. The van der Waals surface area contributed by atoms with Crippen LogP contribution in [0.2, 0.25) is 0 Å². The van der Waals surface area contributed by atoms with Crippen molar-refractivity contribution in [2.75, 3.05) is 18.0 Å². The molecule has 0 saturated heterocycles. The lowest BCUT2D eigenvalue weighted by Crippen LogP contribution is -2.56. The quantitative estimate of drug-likeness (QED) is 0.747. The molecule has 5 rings (SSSR count). The van der Waals surface area contributed by atoms with Crippen LogP contribution in [0.25, 0.3) is 0 Å². The molecule has 2 N–H and O–H groups in total. The molecule has 27 heavy (non-hydrogen) atoms. The molecule has 4 aliphatic rings. The first-order chi connectivity index (χ1) is 13.0. The number of nitrogens with two attached hydrogens (primary N) is 1. The Morgan fingerprint density at radius 3 is 2.41 bits per heavy atom. The predicted molar refractivity (Wildman–Crippen MR) is 105 cm³/mol. The van der Waals surface area contributed by atoms with E-state index in [1.807, 2.05) is 18.2 Å². The lowest BCUT2D eigenvalue weighted by molar-refractivity contribution is -0.149. The molecule has 0 spiro atoms. The van der Waals surface area contributed by atoms with Crippen molar-refractivity contribution in [2.24, 2.45) is 34.8 Å². The molecule has 4 aliphatic carbocycles. The van der Waals surface area contributed by atoms with E-state index in [0.29, 0.717) is 35.8 Å². The van der Waals surface area contributed by atoms with Gasteiger partial charge >= 0.3 is 0 Å². The van der Waals surface area contributed by atoms with Gasteiger partial charge in [0.15, 0.2) is 5.78 Å². The number of nitrogens with zero attached hydrogens (tertiary/aromatic N) is 2. The van der Waals surface area contributed by atoms with Crippen molar-refractivity contribution in [3.05, 3.63) is 23.9 Å². The molecule has 2 atom stereocenters. The first-order valence-corrected chi connectivity index (χ1v) is 10.5. The molecule has 4 saturated carbocycles. The molecule has 1 aromatic heterocycles. The van der Waals surface area contributed by atoms with Crippen LogP contribution in [-0.2, 0) is 4.79 Å². The van der Waals surface area contributed by atoms with E-state index < -0.39 is 0 Å². The molecule has 0 aliphatic heterocycles. The largest absolute Gasteiger partial charge is 0.369 e. The number of ketones is 1. The van der Waals surface area contributed by atoms with Gasteiger partial charge < -0.3 is 10.6 Å². The van der Waals surface area contributed by atoms with E-state index in [2.05, 4.69) is 23.7 Å². The van der Waals surface area contributed by atoms with Crippen LogP contribution in [0.15, 0.2) is 18.2 Å². The molecule has 1 amide bonds. The number of rotatable bonds is 7. The maximum Gasteiger partial charge on any atom is 0.223 e. The first-order valence-electron chi connectivity index (χ1n) is 10.5. The highest BCUT2D eigenvalue weighted by molar-refractivity contribution is 5.94. The summed E-state index contributed by atoms with van der Waals surface area (Å²) in [6, 6.07) is 5.76. The van der Waals surface area contributed by atoms with Gasteiger partial charge in [-0.25, -0.2) is 4.98 Å². The van der Waals surface area contributed by atoms with Gasteiger partial charge in [-0.15, -0.1) is 0 Å². The van der Waals surface area contributed by atoms with Crippen molar-refractivity contribution < 1.29 is 9.59 Å². The number of Topliss-reactive ketones (excluding diaryl/α,β-unsaturated/α-hetero) is 1. The fraction of sp³-hybridized carbons (Fsp3) is 0.682. The highest BCUT2D eigenvalue weighted by atomic mass is 16.1. The number of anilines is 1. The van der Waals surface area contributed by atoms with Crippen LogP contribution in [0.3, 0.4) is 0 Å². The maximum atomic E-state index is 13.0. The molecule has 4 bridgehead atoms. The number of pyridine rings is 1. The first kappa shape index (κ1) is 18.5. The maximum absolute atomic E-state index is 13.0. The molecule has 1 aromatic rings. The van der Waals surface area contributed by atoms with Crippen LogP contribution in [0.5, 0.6) is 0 Å². The molecule has 5 heteroatoms. The van der Waals surface area contributed by atoms with Crippen LogP contribution in [-0.4, -0.2) is 29.8 Å². The van der Waals surface area contributed by atoms with Gasteiger partial charge in [-0.2, -0.15) is 0 Å². The Balaban J connectivity index is 1.50. The van der Waals surface area contributed by atoms with Crippen molar-refractivity contribution in [1.82, 2.24) is 4.98 Å². The molecule has 4 fully saturated rings. The Morgan fingerprint density at radius 1 is 1.15 bits per heavy atom. The summed E-state index contributed by atoms with van der Waals surface area (Å²) in [6.45, 7) is 5.96. The van der Waals surface area contributed by atoms with Crippen LogP contribution in [0.4, 0.5) is 5.82 Å². The van der Waals surface area contributed by atoms with E-state index in [4.69, 9.17) is 5.73 Å². The number of hydrogen-bond acceptors (Lipinski definition) is 4. The van der Waals surface area contributed by atoms with Crippen LogP contribution in [0, 0.1) is 29.1 Å². The Hall–Kier alpha value is -1.91. The molecule has 1 heterocycles. The monoisotopic (exact) mass is 369 g/mol. The Morgan fingerprint density at radius 2 is 1.81 bits per heavy atom. The van der Waals surface area contributed by atoms with E-state index in [1.165, 1.54) is 0 Å². The van der Waals surface area contributed by atoms with Crippen molar-refractivity contribution in [2.45, 2.75) is 52.4 Å². The second-order valence-corrected chi connectivity index (χ2v) is 8.96. The number of hydrogen-bond donors (Lipinski definition) is 1. The molecule has 0 aromatic carbocycles. The van der Waals surface area contributed by atoms with Gasteiger partial charge in [0, 0.05) is 24.9 Å². The van der Waals surface area contributed by atoms with Crippen molar-refractivity contribution in [1.29, 1.82) is 0 Å². The van der Waals surface area contributed by atoms with Crippen LogP contribution in [0.1, 0.15) is 62.9 Å². The van der Waals surface area contributed by atoms with E-state index in [9.17, 15) is 9.59 Å². The lowest BCUT2D eigenvalue weighted by atomic mass is 9.45. The third-order valence-electron chi connectivity index (χ3n) is 7.52. The van der Waals surface area contributed by atoms with Crippen molar-refractivity contribution in [3.8, 4) is 0 Å². The zero-order valence-corrected chi connectivity index (χ0v) is 16.5. The van der Waals surface area contributed by atoms with Crippen molar-refractivity contribution >= 4 is 17.5 Å². The highest BCUT2D eigenvalue weighted by Crippen LogP contribution is 2.62. The topological polar surface area (TPSA) is 76.3 Å². The minimum Gasteiger partial charge on any atom is -0.369 e. The third kappa shape index (κ3) is 3.15. The minimum absolute atomic E-state index is 0.111. The summed E-state index contributed by atoms with van der Waals surface area (Å²) in [5.41, 5.74) is 6.08. The highest BCUT2D eigenvalue weighted by Gasteiger charge is 2.57. The number of amides is 1. The zero-order chi connectivity index (χ0) is 19.2. The zero-order valence-electron chi connectivity index (χ0n) is 16.5. The standard InChI is InChI=1S/C22H31N3O2/c1-3-25(4-2)20-7-5-6-18(24-20)19(26)10-17-15-8-14-9-16(17)13-22(11-14,12-15)21(23)27/h5-7,14-17H,3-4,8-13H2,1-2H3,(H2,23,27). The van der Waals surface area contributed by atoms with E-state index in [1.54, 1.807) is 0 Å². The normalized spacial score (nSPS) is 33.9. The van der Waals surface area contributed by atoms with Gasteiger partial charge in [0.25, 0.3) is 0 Å². The molecule has 2 unspecified atom stereocenters. The van der Waals surface area contributed by atoms with Gasteiger partial charge in [-0.05, 0) is 81.8 Å². The summed E-state index contributed by atoms with van der Waals surface area (Å²) >= 11 is 0. The summed E-state index contributed by atoms with van der Waals surface area (Å²) in [6.07, 6.45) is 5.64. The van der Waals surface area contributed by atoms with E-state index >= 15 is 0 Å². The van der Waals surface area contributed by atoms with Crippen molar-refractivity contribution in [3.63, 3.8) is 0 Å². The van der Waals surface area contributed by atoms with Gasteiger partial charge in [-0.1, -0.05) is 6.07 Å². The fourth-order valence-corrected chi connectivity index (χ4v) is 6.39. The summed E-state index contributed by atoms with van der Waals surface area (Å²) in [5.74, 6) is 2.88. The van der Waals surface area contributed by atoms with Crippen LogP contribution >= 0.6 is 0 Å². The van der Waals surface area contributed by atoms with Gasteiger partial charge in [-0.3, -0.25) is 9.59 Å². The third-order valence-corrected chi connectivity index (χ3v) is 7.52. The Bertz CT molecular complexity index is 727. The molecule has 0 radical (unpaired) electrons. The summed E-state index contributed by atoms with van der Waals surface area (Å²) < 4.78 is 0. The lowest BCUT2D eigenvalue weighted by Gasteiger charge is -2.59. The van der Waals surface area contributed by atoms with Gasteiger partial charge in [0.2, 0.25) is 5.91 Å². The number of aromatic nitrogens is 1. The number of carbonyl (C=O) groups excluding carboxylic acids is 2. The summed E-state index contributed by atoms with van der Waals surface area (Å²) in [4.78, 5) is 31.9. The summed E-state index contributed by atoms with van der Waals surface area (Å²) in [5, 5.41) is 0. The molecular weight excluding hydrogens is 338 g/mol. The SMILES string of the molecule is CCN(CC)c1cccc(C(=O)CC2C3CC4CC2CC(C(N)=O)(C4)C3)n1. The van der Waals surface area contributed by atoms with Gasteiger partial charge in [0.1, 0.15) is 11.5 Å². The average Bonchev–Trinajstić information content (AvgIpc) is 2.65. The molecular formula is C22H31N3O2. The molecule has 146 valence electrons. The Labute approximate surface area is 161 Å². The summed E-state index contributed by atoms with van der Waals surface area (Å²) in [7, 11) is 0. The van der Waals surface area contributed by atoms with E-state index in [0.717, 1.165) is 51.0 Å². The predicted octanol–water partition coefficient (Wildman–Crippen LogP) is 3.43. The molecule has 5 nitrogen and oxygen atoms in total. The second-order valence-electron chi connectivity index (χ2n) is 8.96. The smallest absolute Gasteiger partial charge is 0.223 e. The average molecular weight is 370 g/mol. The minimum atomic E-state index is -0.281. The fourth-order valence-electron chi connectivity index (χ4n) is 6.39. The number of carbonyl (C=O) groups is 2. The van der Waals surface area contributed by atoms with E-state index in [-0.39, 0.29) is 17.1 Å². The number of primary amides is 1. The second kappa shape index (κ2) is 6.92.